The van der Waals surface area contributed by atoms with Gasteiger partial charge in [-0.15, -0.1) is 0 Å². The molecular weight excluding hydrogens is 318 g/mol. The van der Waals surface area contributed by atoms with Gasteiger partial charge >= 0.3 is 0 Å². The molecule has 5 heteroatoms. The number of aryl methyl sites for hydroxylation is 2. The zero-order chi connectivity index (χ0) is 18.2. The van der Waals surface area contributed by atoms with E-state index in [1.165, 1.54) is 0 Å². The van der Waals surface area contributed by atoms with Gasteiger partial charge in [0, 0.05) is 6.54 Å². The number of hydrogen-bond donors (Lipinski definition) is 1. The van der Waals surface area contributed by atoms with E-state index in [9.17, 15) is 4.79 Å². The minimum Gasteiger partial charge on any atom is -0.493 e. The number of carbonyl (C=O) groups is 1. The first-order chi connectivity index (χ1) is 12.0. The Morgan fingerprint density at radius 3 is 2.44 bits per heavy atom. The Morgan fingerprint density at radius 1 is 0.960 bits per heavy atom. The Balaban J connectivity index is 1.80. The van der Waals surface area contributed by atoms with Crippen molar-refractivity contribution in [3.05, 3.63) is 53.1 Å². The van der Waals surface area contributed by atoms with Crippen molar-refractivity contribution >= 4 is 5.91 Å². The number of nitrogens with one attached hydrogen (secondary N) is 1. The topological polar surface area (TPSA) is 56.8 Å². The molecular formula is C20H25NO4. The molecule has 0 aromatic heterocycles. The normalized spacial score (nSPS) is 10.2. The molecule has 2 aromatic rings. The van der Waals surface area contributed by atoms with Crippen LogP contribution in [0.5, 0.6) is 17.2 Å². The second-order valence-electron chi connectivity index (χ2n) is 5.83. The van der Waals surface area contributed by atoms with Crippen molar-refractivity contribution in [3.63, 3.8) is 0 Å². The molecule has 0 atom stereocenters. The van der Waals surface area contributed by atoms with Gasteiger partial charge in [0.1, 0.15) is 5.75 Å². The van der Waals surface area contributed by atoms with Crippen molar-refractivity contribution in [2.75, 3.05) is 20.8 Å². The highest BCUT2D eigenvalue weighted by Crippen LogP contribution is 2.27. The lowest BCUT2D eigenvalue weighted by atomic mass is 10.1. The smallest absolute Gasteiger partial charge is 0.223 e. The summed E-state index contributed by atoms with van der Waals surface area (Å²) < 4.78 is 16.2. The summed E-state index contributed by atoms with van der Waals surface area (Å²) >= 11 is 0. The van der Waals surface area contributed by atoms with E-state index in [1.54, 1.807) is 14.2 Å². The van der Waals surface area contributed by atoms with E-state index < -0.39 is 0 Å². The Hall–Kier alpha value is -2.69. The summed E-state index contributed by atoms with van der Waals surface area (Å²) in [7, 11) is 3.18. The number of methoxy groups -OCH3 is 2. The van der Waals surface area contributed by atoms with Crippen molar-refractivity contribution in [1.29, 1.82) is 0 Å². The van der Waals surface area contributed by atoms with E-state index >= 15 is 0 Å². The lowest BCUT2D eigenvalue weighted by molar-refractivity contribution is -0.121. The molecule has 0 aliphatic rings. The van der Waals surface area contributed by atoms with Crippen molar-refractivity contribution in [2.24, 2.45) is 0 Å². The van der Waals surface area contributed by atoms with Gasteiger partial charge in [0.2, 0.25) is 5.91 Å². The first-order valence-corrected chi connectivity index (χ1v) is 8.21. The number of hydrogen-bond acceptors (Lipinski definition) is 4. The van der Waals surface area contributed by atoms with Gasteiger partial charge in [0.15, 0.2) is 11.5 Å². The number of benzene rings is 2. The van der Waals surface area contributed by atoms with Crippen LogP contribution in [0.2, 0.25) is 0 Å². The first kappa shape index (κ1) is 18.6. The largest absolute Gasteiger partial charge is 0.493 e. The average molecular weight is 343 g/mol. The van der Waals surface area contributed by atoms with Crippen molar-refractivity contribution in [2.45, 2.75) is 26.8 Å². The predicted molar refractivity (Wildman–Crippen MR) is 97.4 cm³/mol. The molecule has 0 saturated carbocycles. The van der Waals surface area contributed by atoms with Gasteiger partial charge in [-0.05, 0) is 48.7 Å². The summed E-state index contributed by atoms with van der Waals surface area (Å²) in [5.74, 6) is 2.08. The highest BCUT2D eigenvalue weighted by molar-refractivity contribution is 5.76. The van der Waals surface area contributed by atoms with Crippen LogP contribution in [0, 0.1) is 13.8 Å². The minimum atomic E-state index is -0.0555. The summed E-state index contributed by atoms with van der Waals surface area (Å²) in [6.45, 7) is 4.79. The standard InChI is InChI=1S/C20H25NO4/c1-14-5-6-15(2)18(11-14)25-10-9-20(22)21-13-16-7-8-17(23-3)19(12-16)24-4/h5-8,11-12H,9-10,13H2,1-4H3,(H,21,22). The van der Waals surface area contributed by atoms with Gasteiger partial charge in [0.05, 0.1) is 27.2 Å². The van der Waals surface area contributed by atoms with Gasteiger partial charge in [-0.25, -0.2) is 0 Å². The molecule has 0 heterocycles. The van der Waals surface area contributed by atoms with Crippen LogP contribution in [0.15, 0.2) is 36.4 Å². The van der Waals surface area contributed by atoms with Crippen LogP contribution in [0.4, 0.5) is 0 Å². The highest BCUT2D eigenvalue weighted by atomic mass is 16.5. The SMILES string of the molecule is COc1ccc(CNC(=O)CCOc2cc(C)ccc2C)cc1OC. The summed E-state index contributed by atoms with van der Waals surface area (Å²) in [5.41, 5.74) is 3.15. The van der Waals surface area contributed by atoms with E-state index in [2.05, 4.69) is 5.32 Å². The molecule has 0 unspecified atom stereocenters. The molecule has 2 rings (SSSR count). The molecule has 1 amide bonds. The molecule has 0 bridgehead atoms. The Labute approximate surface area is 148 Å². The second-order valence-corrected chi connectivity index (χ2v) is 5.83. The third-order valence-corrected chi connectivity index (χ3v) is 3.87. The van der Waals surface area contributed by atoms with Gasteiger partial charge < -0.3 is 19.5 Å². The molecule has 0 radical (unpaired) electrons. The monoisotopic (exact) mass is 343 g/mol. The maximum Gasteiger partial charge on any atom is 0.223 e. The summed E-state index contributed by atoms with van der Waals surface area (Å²) in [6, 6.07) is 11.6. The second kappa shape index (κ2) is 8.97. The van der Waals surface area contributed by atoms with Crippen molar-refractivity contribution < 1.29 is 19.0 Å². The molecule has 2 aromatic carbocycles. The van der Waals surface area contributed by atoms with Crippen LogP contribution < -0.4 is 19.5 Å². The van der Waals surface area contributed by atoms with Crippen LogP contribution in [-0.4, -0.2) is 26.7 Å². The molecule has 134 valence electrons. The van der Waals surface area contributed by atoms with E-state index in [0.717, 1.165) is 22.4 Å². The molecule has 0 saturated heterocycles. The van der Waals surface area contributed by atoms with Crippen LogP contribution in [0.1, 0.15) is 23.1 Å². The van der Waals surface area contributed by atoms with Gasteiger partial charge in [-0.3, -0.25) is 4.79 Å². The third-order valence-electron chi connectivity index (χ3n) is 3.87. The summed E-state index contributed by atoms with van der Waals surface area (Å²) in [5, 5.41) is 2.88. The quantitative estimate of drug-likeness (QED) is 0.798. The average Bonchev–Trinajstić information content (AvgIpc) is 2.62. The number of ether oxygens (including phenoxy) is 3. The fourth-order valence-corrected chi connectivity index (χ4v) is 2.40. The van der Waals surface area contributed by atoms with E-state index in [4.69, 9.17) is 14.2 Å². The zero-order valence-corrected chi connectivity index (χ0v) is 15.2. The molecule has 1 N–H and O–H groups in total. The van der Waals surface area contributed by atoms with Gasteiger partial charge in [-0.2, -0.15) is 0 Å². The Kier molecular flexibility index (Phi) is 6.69. The predicted octanol–water partition coefficient (Wildman–Crippen LogP) is 3.41. The van der Waals surface area contributed by atoms with Crippen LogP contribution in [-0.2, 0) is 11.3 Å². The number of carbonyl (C=O) groups excluding carboxylic acids is 1. The van der Waals surface area contributed by atoms with E-state index in [1.807, 2.05) is 50.2 Å². The van der Waals surface area contributed by atoms with Crippen LogP contribution in [0.3, 0.4) is 0 Å². The summed E-state index contributed by atoms with van der Waals surface area (Å²) in [6.07, 6.45) is 0.306. The van der Waals surface area contributed by atoms with Gasteiger partial charge in [-0.1, -0.05) is 18.2 Å². The lowest BCUT2D eigenvalue weighted by Gasteiger charge is -2.11. The van der Waals surface area contributed by atoms with Crippen molar-refractivity contribution in [3.8, 4) is 17.2 Å². The molecule has 0 aliphatic carbocycles. The zero-order valence-electron chi connectivity index (χ0n) is 15.2. The number of amides is 1. The van der Waals surface area contributed by atoms with E-state index in [-0.39, 0.29) is 5.91 Å². The highest BCUT2D eigenvalue weighted by Gasteiger charge is 2.07. The van der Waals surface area contributed by atoms with Crippen molar-refractivity contribution in [1.82, 2.24) is 5.32 Å². The molecule has 25 heavy (non-hydrogen) atoms. The maximum absolute atomic E-state index is 12.0. The third kappa shape index (κ3) is 5.41. The molecule has 5 nitrogen and oxygen atoms in total. The number of rotatable bonds is 8. The minimum absolute atomic E-state index is 0.0555. The fourth-order valence-electron chi connectivity index (χ4n) is 2.40. The maximum atomic E-state index is 12.0. The summed E-state index contributed by atoms with van der Waals surface area (Å²) in [4.78, 5) is 12.0. The Bertz CT molecular complexity index is 728. The molecule has 0 spiro atoms. The molecule has 0 fully saturated rings. The first-order valence-electron chi connectivity index (χ1n) is 8.21. The molecule has 0 aliphatic heterocycles. The fraction of sp³-hybridized carbons (Fsp3) is 0.350. The van der Waals surface area contributed by atoms with Crippen LogP contribution >= 0.6 is 0 Å². The lowest BCUT2D eigenvalue weighted by Crippen LogP contribution is -2.24. The Morgan fingerprint density at radius 2 is 1.72 bits per heavy atom. The van der Waals surface area contributed by atoms with E-state index in [0.29, 0.717) is 31.1 Å². The van der Waals surface area contributed by atoms with Crippen LogP contribution in [0.25, 0.3) is 0 Å². The van der Waals surface area contributed by atoms with Gasteiger partial charge in [0.25, 0.3) is 0 Å².